The summed E-state index contributed by atoms with van der Waals surface area (Å²) in [6.45, 7) is 2.83. The van der Waals surface area contributed by atoms with Crippen molar-refractivity contribution in [3.8, 4) is 0 Å². The highest BCUT2D eigenvalue weighted by Crippen LogP contribution is 2.18. The maximum Gasteiger partial charge on any atom is 0.267 e. The number of pyridine rings is 1. The zero-order valence-electron chi connectivity index (χ0n) is 14.6. The van der Waals surface area contributed by atoms with Gasteiger partial charge in [0.15, 0.2) is 11.6 Å². The van der Waals surface area contributed by atoms with Crippen LogP contribution < -0.4 is 15.4 Å². The van der Waals surface area contributed by atoms with E-state index < -0.39 is 5.82 Å². The monoisotopic (exact) mass is 367 g/mol. The summed E-state index contributed by atoms with van der Waals surface area (Å²) in [6, 6.07) is 8.80. The van der Waals surface area contributed by atoms with Crippen molar-refractivity contribution in [3.05, 3.63) is 70.9 Å². The molecule has 0 amide bonds. The van der Waals surface area contributed by atoms with Crippen LogP contribution in [-0.2, 0) is 6.54 Å². The number of aromatic nitrogens is 5. The van der Waals surface area contributed by atoms with Gasteiger partial charge in [0.1, 0.15) is 12.1 Å². The molecule has 0 N–H and O–H groups in total. The summed E-state index contributed by atoms with van der Waals surface area (Å²) < 4.78 is 15.3. The van der Waals surface area contributed by atoms with Crippen molar-refractivity contribution in [2.45, 2.75) is 6.54 Å². The molecule has 1 saturated heterocycles. The van der Waals surface area contributed by atoms with Gasteiger partial charge in [-0.05, 0) is 18.2 Å². The average molecular weight is 367 g/mol. The van der Waals surface area contributed by atoms with E-state index in [1.165, 1.54) is 23.3 Å². The standard InChI is InChI=1S/C18H18FN7O/c19-15-11-20-13-22-18(15)25-9-7-24(8-10-25)16-4-5-17(27)26(23-16)12-14-3-1-2-6-21-14/h1-6,11,13H,7-10,12H2. The Hall–Kier alpha value is -3.36. The van der Waals surface area contributed by atoms with Gasteiger partial charge in [0.25, 0.3) is 5.56 Å². The molecule has 1 aliphatic rings. The van der Waals surface area contributed by atoms with Crippen LogP contribution in [0.3, 0.4) is 0 Å². The van der Waals surface area contributed by atoms with Crippen molar-refractivity contribution < 1.29 is 4.39 Å². The number of nitrogens with zero attached hydrogens (tertiary/aromatic N) is 7. The molecule has 0 aliphatic carbocycles. The molecule has 0 unspecified atom stereocenters. The quantitative estimate of drug-likeness (QED) is 0.679. The Morgan fingerprint density at radius 3 is 2.56 bits per heavy atom. The third kappa shape index (κ3) is 3.76. The lowest BCUT2D eigenvalue weighted by atomic mass is 10.3. The maximum absolute atomic E-state index is 13.9. The second kappa shape index (κ2) is 7.48. The van der Waals surface area contributed by atoms with Crippen molar-refractivity contribution >= 4 is 11.6 Å². The molecule has 9 heteroatoms. The number of halogens is 1. The van der Waals surface area contributed by atoms with Crippen molar-refractivity contribution in [1.82, 2.24) is 24.7 Å². The highest BCUT2D eigenvalue weighted by atomic mass is 19.1. The molecular weight excluding hydrogens is 349 g/mol. The Labute approximate surface area is 154 Å². The van der Waals surface area contributed by atoms with Crippen LogP contribution in [0.25, 0.3) is 0 Å². The Kier molecular flexibility index (Phi) is 4.73. The van der Waals surface area contributed by atoms with Crippen LogP contribution in [0.4, 0.5) is 16.0 Å². The second-order valence-corrected chi connectivity index (χ2v) is 6.18. The Morgan fingerprint density at radius 2 is 1.81 bits per heavy atom. The summed E-state index contributed by atoms with van der Waals surface area (Å²) in [5.74, 6) is 0.610. The van der Waals surface area contributed by atoms with E-state index in [1.54, 1.807) is 12.3 Å². The number of piperazine rings is 1. The number of hydrogen-bond acceptors (Lipinski definition) is 7. The van der Waals surface area contributed by atoms with Gasteiger partial charge in [0.2, 0.25) is 0 Å². The first-order chi connectivity index (χ1) is 13.2. The largest absolute Gasteiger partial charge is 0.352 e. The third-order valence-corrected chi connectivity index (χ3v) is 4.44. The molecule has 0 spiro atoms. The molecule has 138 valence electrons. The van der Waals surface area contributed by atoms with E-state index in [0.29, 0.717) is 44.4 Å². The van der Waals surface area contributed by atoms with Crippen LogP contribution in [0, 0.1) is 5.82 Å². The average Bonchev–Trinajstić information content (AvgIpc) is 2.71. The van der Waals surface area contributed by atoms with Crippen LogP contribution in [-0.4, -0.2) is 50.9 Å². The molecule has 1 fully saturated rings. The van der Waals surface area contributed by atoms with Gasteiger partial charge in [-0.1, -0.05) is 6.07 Å². The van der Waals surface area contributed by atoms with Gasteiger partial charge < -0.3 is 9.80 Å². The van der Waals surface area contributed by atoms with Gasteiger partial charge in [-0.15, -0.1) is 0 Å². The molecule has 0 aromatic carbocycles. The Balaban J connectivity index is 1.48. The highest BCUT2D eigenvalue weighted by molar-refractivity contribution is 5.44. The van der Waals surface area contributed by atoms with Crippen LogP contribution >= 0.6 is 0 Å². The summed E-state index contributed by atoms with van der Waals surface area (Å²) in [5.41, 5.74) is 0.597. The van der Waals surface area contributed by atoms with Crippen LogP contribution in [0.15, 0.2) is 53.8 Å². The van der Waals surface area contributed by atoms with Crippen LogP contribution in [0.2, 0.25) is 0 Å². The van der Waals surface area contributed by atoms with Crippen molar-refractivity contribution in [2.75, 3.05) is 36.0 Å². The van der Waals surface area contributed by atoms with E-state index in [2.05, 4.69) is 25.0 Å². The lowest BCUT2D eigenvalue weighted by Gasteiger charge is -2.36. The predicted molar refractivity (Wildman–Crippen MR) is 98.3 cm³/mol. The van der Waals surface area contributed by atoms with Gasteiger partial charge >= 0.3 is 0 Å². The van der Waals surface area contributed by atoms with Crippen molar-refractivity contribution in [2.24, 2.45) is 0 Å². The summed E-state index contributed by atoms with van der Waals surface area (Å²) in [5, 5.41) is 4.48. The zero-order chi connectivity index (χ0) is 18.6. The lowest BCUT2D eigenvalue weighted by molar-refractivity contribution is 0.571. The van der Waals surface area contributed by atoms with Crippen LogP contribution in [0.5, 0.6) is 0 Å². The topological polar surface area (TPSA) is 80.0 Å². The number of hydrogen-bond donors (Lipinski definition) is 0. The zero-order valence-corrected chi connectivity index (χ0v) is 14.6. The molecular formula is C18H18FN7O. The Bertz CT molecular complexity index is 971. The maximum atomic E-state index is 13.9. The molecule has 3 aromatic rings. The van der Waals surface area contributed by atoms with Gasteiger partial charge in [-0.2, -0.15) is 5.10 Å². The number of anilines is 2. The van der Waals surface area contributed by atoms with Crippen molar-refractivity contribution in [3.63, 3.8) is 0 Å². The van der Waals surface area contributed by atoms with E-state index in [1.807, 2.05) is 23.1 Å². The summed E-state index contributed by atoms with van der Waals surface area (Å²) in [7, 11) is 0. The SMILES string of the molecule is O=c1ccc(N2CCN(c3ncncc3F)CC2)nn1Cc1ccccn1. The highest BCUT2D eigenvalue weighted by Gasteiger charge is 2.21. The van der Waals surface area contributed by atoms with E-state index in [4.69, 9.17) is 0 Å². The third-order valence-electron chi connectivity index (χ3n) is 4.44. The summed E-state index contributed by atoms with van der Waals surface area (Å²) in [4.78, 5) is 28.0. The van der Waals surface area contributed by atoms with E-state index in [-0.39, 0.29) is 5.56 Å². The van der Waals surface area contributed by atoms with Gasteiger partial charge in [0.05, 0.1) is 18.4 Å². The first kappa shape index (κ1) is 17.1. The fourth-order valence-corrected chi connectivity index (χ4v) is 3.05. The first-order valence-electron chi connectivity index (χ1n) is 8.64. The fourth-order valence-electron chi connectivity index (χ4n) is 3.05. The van der Waals surface area contributed by atoms with E-state index in [9.17, 15) is 9.18 Å². The molecule has 0 bridgehead atoms. The van der Waals surface area contributed by atoms with Gasteiger partial charge in [0, 0.05) is 38.4 Å². The molecule has 8 nitrogen and oxygen atoms in total. The minimum absolute atomic E-state index is 0.175. The van der Waals surface area contributed by atoms with Gasteiger partial charge in [-0.25, -0.2) is 19.0 Å². The molecule has 0 atom stereocenters. The predicted octanol–water partition coefficient (Wildman–Crippen LogP) is 0.942. The lowest BCUT2D eigenvalue weighted by Crippen LogP contribution is -2.47. The fraction of sp³-hybridized carbons (Fsp3) is 0.278. The second-order valence-electron chi connectivity index (χ2n) is 6.18. The molecule has 1 aliphatic heterocycles. The van der Waals surface area contributed by atoms with Crippen molar-refractivity contribution in [1.29, 1.82) is 0 Å². The Morgan fingerprint density at radius 1 is 1.00 bits per heavy atom. The molecule has 0 saturated carbocycles. The molecule has 4 heterocycles. The summed E-state index contributed by atoms with van der Waals surface area (Å²) in [6.07, 6.45) is 4.21. The van der Waals surface area contributed by atoms with Crippen LogP contribution in [0.1, 0.15) is 5.69 Å². The van der Waals surface area contributed by atoms with Gasteiger partial charge in [-0.3, -0.25) is 9.78 Å². The van der Waals surface area contributed by atoms with E-state index in [0.717, 1.165) is 5.69 Å². The normalized spacial score (nSPS) is 14.4. The molecule has 27 heavy (non-hydrogen) atoms. The minimum atomic E-state index is -0.423. The molecule has 0 radical (unpaired) electrons. The summed E-state index contributed by atoms with van der Waals surface area (Å²) >= 11 is 0. The number of rotatable bonds is 4. The smallest absolute Gasteiger partial charge is 0.267 e. The minimum Gasteiger partial charge on any atom is -0.352 e. The first-order valence-corrected chi connectivity index (χ1v) is 8.64. The molecule has 4 rings (SSSR count). The molecule has 3 aromatic heterocycles. The van der Waals surface area contributed by atoms with E-state index >= 15 is 0 Å².